The van der Waals surface area contributed by atoms with Crippen molar-refractivity contribution in [1.29, 1.82) is 0 Å². The Morgan fingerprint density at radius 2 is 2.17 bits per heavy atom. The van der Waals surface area contributed by atoms with Gasteiger partial charge in [-0.15, -0.1) is 0 Å². The highest BCUT2D eigenvalue weighted by Crippen LogP contribution is 2.30. The number of amides is 1. The molecule has 0 spiro atoms. The van der Waals surface area contributed by atoms with E-state index in [4.69, 9.17) is 5.73 Å². The van der Waals surface area contributed by atoms with Crippen molar-refractivity contribution >= 4 is 23.4 Å². The SMILES string of the molecule is Cc1cc(N)ccc1C(=O)N1CCSC(C)(C)C1. The Morgan fingerprint density at radius 3 is 2.78 bits per heavy atom. The molecule has 3 nitrogen and oxygen atoms in total. The molecular weight excluding hydrogens is 244 g/mol. The van der Waals surface area contributed by atoms with Crippen LogP contribution in [0.2, 0.25) is 0 Å². The molecule has 0 radical (unpaired) electrons. The molecule has 0 aromatic heterocycles. The van der Waals surface area contributed by atoms with E-state index in [9.17, 15) is 4.79 Å². The van der Waals surface area contributed by atoms with Gasteiger partial charge in [-0.2, -0.15) is 11.8 Å². The lowest BCUT2D eigenvalue weighted by atomic mass is 10.1. The van der Waals surface area contributed by atoms with Gasteiger partial charge in [-0.05, 0) is 44.5 Å². The molecule has 0 saturated carbocycles. The monoisotopic (exact) mass is 264 g/mol. The van der Waals surface area contributed by atoms with Gasteiger partial charge in [0, 0.05) is 34.8 Å². The Kier molecular flexibility index (Phi) is 3.57. The van der Waals surface area contributed by atoms with Crippen LogP contribution in [0.15, 0.2) is 18.2 Å². The summed E-state index contributed by atoms with van der Waals surface area (Å²) in [7, 11) is 0. The Morgan fingerprint density at radius 1 is 1.44 bits per heavy atom. The van der Waals surface area contributed by atoms with Crippen LogP contribution in [0.1, 0.15) is 29.8 Å². The lowest BCUT2D eigenvalue weighted by Gasteiger charge is -2.37. The number of benzene rings is 1. The number of carbonyl (C=O) groups excluding carboxylic acids is 1. The molecule has 1 fully saturated rings. The van der Waals surface area contributed by atoms with Gasteiger partial charge < -0.3 is 10.6 Å². The van der Waals surface area contributed by atoms with Crippen LogP contribution >= 0.6 is 11.8 Å². The van der Waals surface area contributed by atoms with Crippen LogP contribution in [0.25, 0.3) is 0 Å². The quantitative estimate of drug-likeness (QED) is 0.793. The minimum atomic E-state index is 0.126. The van der Waals surface area contributed by atoms with E-state index in [0.717, 1.165) is 30.0 Å². The zero-order chi connectivity index (χ0) is 13.3. The largest absolute Gasteiger partial charge is 0.399 e. The van der Waals surface area contributed by atoms with Gasteiger partial charge in [0.2, 0.25) is 0 Å². The third-order valence-electron chi connectivity index (χ3n) is 3.19. The second kappa shape index (κ2) is 4.84. The first-order chi connectivity index (χ1) is 8.39. The summed E-state index contributed by atoms with van der Waals surface area (Å²) in [6.45, 7) is 7.95. The van der Waals surface area contributed by atoms with Gasteiger partial charge in [0.05, 0.1) is 0 Å². The van der Waals surface area contributed by atoms with E-state index < -0.39 is 0 Å². The highest BCUT2D eigenvalue weighted by Gasteiger charge is 2.30. The van der Waals surface area contributed by atoms with Gasteiger partial charge in [0.1, 0.15) is 0 Å². The van der Waals surface area contributed by atoms with E-state index in [-0.39, 0.29) is 10.7 Å². The number of hydrogen-bond donors (Lipinski definition) is 1. The Hall–Kier alpha value is -1.16. The number of nitrogen functional groups attached to an aromatic ring is 1. The van der Waals surface area contributed by atoms with Crippen LogP contribution in [0.5, 0.6) is 0 Å². The summed E-state index contributed by atoms with van der Waals surface area (Å²) in [5, 5.41) is 0. The van der Waals surface area contributed by atoms with E-state index in [1.807, 2.05) is 35.7 Å². The first kappa shape index (κ1) is 13.3. The van der Waals surface area contributed by atoms with Gasteiger partial charge in [-0.25, -0.2) is 0 Å². The molecular formula is C14H20N2OS. The van der Waals surface area contributed by atoms with E-state index >= 15 is 0 Å². The number of nitrogens with two attached hydrogens (primary N) is 1. The molecule has 18 heavy (non-hydrogen) atoms. The minimum Gasteiger partial charge on any atom is -0.399 e. The molecule has 0 bridgehead atoms. The summed E-state index contributed by atoms with van der Waals surface area (Å²) in [6.07, 6.45) is 0. The summed E-state index contributed by atoms with van der Waals surface area (Å²) in [5.74, 6) is 1.13. The van der Waals surface area contributed by atoms with Crippen molar-refractivity contribution in [3.63, 3.8) is 0 Å². The van der Waals surface area contributed by atoms with Crippen LogP contribution < -0.4 is 5.73 Å². The molecule has 1 aliphatic rings. The summed E-state index contributed by atoms with van der Waals surface area (Å²) >= 11 is 1.93. The number of hydrogen-bond acceptors (Lipinski definition) is 3. The van der Waals surface area contributed by atoms with Crippen LogP contribution in [0, 0.1) is 6.92 Å². The van der Waals surface area contributed by atoms with E-state index in [1.54, 1.807) is 6.07 Å². The number of anilines is 1. The summed E-state index contributed by atoms with van der Waals surface area (Å²) in [6, 6.07) is 5.49. The van der Waals surface area contributed by atoms with Crippen LogP contribution in [-0.4, -0.2) is 34.4 Å². The molecule has 2 N–H and O–H groups in total. The van der Waals surface area contributed by atoms with E-state index in [1.165, 1.54) is 0 Å². The Labute approximate surface area is 113 Å². The van der Waals surface area contributed by atoms with Crippen molar-refractivity contribution < 1.29 is 4.79 Å². The molecule has 4 heteroatoms. The van der Waals surface area contributed by atoms with Crippen molar-refractivity contribution in [1.82, 2.24) is 4.90 Å². The minimum absolute atomic E-state index is 0.126. The van der Waals surface area contributed by atoms with Gasteiger partial charge in [0.25, 0.3) is 5.91 Å². The number of carbonyl (C=O) groups is 1. The van der Waals surface area contributed by atoms with Crippen molar-refractivity contribution in [3.05, 3.63) is 29.3 Å². The number of thioether (sulfide) groups is 1. The van der Waals surface area contributed by atoms with Crippen molar-refractivity contribution in [2.75, 3.05) is 24.6 Å². The topological polar surface area (TPSA) is 46.3 Å². The van der Waals surface area contributed by atoms with Gasteiger partial charge >= 0.3 is 0 Å². The Bertz CT molecular complexity index is 471. The fourth-order valence-electron chi connectivity index (χ4n) is 2.29. The first-order valence-electron chi connectivity index (χ1n) is 6.18. The zero-order valence-electron chi connectivity index (χ0n) is 11.2. The lowest BCUT2D eigenvalue weighted by Crippen LogP contribution is -2.46. The molecule has 98 valence electrons. The summed E-state index contributed by atoms with van der Waals surface area (Å²) < 4.78 is 0.148. The molecule has 1 heterocycles. The van der Waals surface area contributed by atoms with Gasteiger partial charge in [-0.1, -0.05) is 0 Å². The third-order valence-corrected chi connectivity index (χ3v) is 4.49. The molecule has 1 aliphatic heterocycles. The maximum absolute atomic E-state index is 12.5. The van der Waals surface area contributed by atoms with Gasteiger partial charge in [-0.3, -0.25) is 4.79 Å². The predicted octanol–water partition coefficient (Wildman–Crippen LogP) is 2.54. The van der Waals surface area contributed by atoms with E-state index in [0.29, 0.717) is 5.69 Å². The van der Waals surface area contributed by atoms with Gasteiger partial charge in [0.15, 0.2) is 0 Å². The first-order valence-corrected chi connectivity index (χ1v) is 7.17. The average molecular weight is 264 g/mol. The van der Waals surface area contributed by atoms with Crippen molar-refractivity contribution in [3.8, 4) is 0 Å². The smallest absolute Gasteiger partial charge is 0.254 e. The van der Waals surface area contributed by atoms with Crippen molar-refractivity contribution in [2.24, 2.45) is 0 Å². The van der Waals surface area contributed by atoms with Crippen LogP contribution in [0.3, 0.4) is 0 Å². The lowest BCUT2D eigenvalue weighted by molar-refractivity contribution is 0.0747. The normalized spacial score (nSPS) is 18.7. The molecule has 1 saturated heterocycles. The average Bonchev–Trinajstić information content (AvgIpc) is 2.27. The highest BCUT2D eigenvalue weighted by atomic mass is 32.2. The fourth-order valence-corrected chi connectivity index (χ4v) is 3.40. The number of aryl methyl sites for hydroxylation is 1. The molecule has 0 unspecified atom stereocenters. The third kappa shape index (κ3) is 2.80. The molecule has 1 aromatic rings. The second-order valence-corrected chi connectivity index (χ2v) is 7.21. The van der Waals surface area contributed by atoms with E-state index in [2.05, 4.69) is 13.8 Å². The second-order valence-electron chi connectivity index (χ2n) is 5.41. The zero-order valence-corrected chi connectivity index (χ0v) is 12.0. The van der Waals surface area contributed by atoms with Crippen molar-refractivity contribution in [2.45, 2.75) is 25.5 Å². The summed E-state index contributed by atoms with van der Waals surface area (Å²) in [5.41, 5.74) is 8.15. The Balaban J connectivity index is 2.20. The molecule has 1 amide bonds. The van der Waals surface area contributed by atoms with Crippen LogP contribution in [0.4, 0.5) is 5.69 Å². The predicted molar refractivity (Wildman–Crippen MR) is 78.0 cm³/mol. The molecule has 0 atom stereocenters. The number of nitrogens with zero attached hydrogens (tertiary/aromatic N) is 1. The molecule has 1 aromatic carbocycles. The number of rotatable bonds is 1. The standard InChI is InChI=1S/C14H20N2OS/c1-10-8-11(15)4-5-12(10)13(17)16-6-7-18-14(2,3)9-16/h4-5,8H,6-7,9,15H2,1-3H3. The maximum atomic E-state index is 12.5. The maximum Gasteiger partial charge on any atom is 0.254 e. The highest BCUT2D eigenvalue weighted by molar-refractivity contribution is 8.00. The summed E-state index contributed by atoms with van der Waals surface area (Å²) in [4.78, 5) is 14.4. The molecule has 2 rings (SSSR count). The fraction of sp³-hybridized carbons (Fsp3) is 0.500. The molecule has 0 aliphatic carbocycles. The van der Waals surface area contributed by atoms with Crippen LogP contribution in [-0.2, 0) is 0 Å².